The van der Waals surface area contributed by atoms with E-state index in [9.17, 15) is 13.6 Å². The largest absolute Gasteiger partial charge is 0.317 e. The summed E-state index contributed by atoms with van der Waals surface area (Å²) in [6.45, 7) is 3.38. The monoisotopic (exact) mass is 548 g/mol. The molecule has 2 aromatic heterocycles. The van der Waals surface area contributed by atoms with E-state index in [0.717, 1.165) is 33.5 Å². The average Bonchev–Trinajstić information content (AvgIpc) is 3.45. The molecule has 0 spiro atoms. The second kappa shape index (κ2) is 9.81. The highest BCUT2D eigenvalue weighted by Crippen LogP contribution is 2.42. The number of amides is 1. The number of aryl methyl sites for hydroxylation is 2. The van der Waals surface area contributed by atoms with Gasteiger partial charge in [-0.1, -0.05) is 29.8 Å². The molecule has 0 bridgehead atoms. The summed E-state index contributed by atoms with van der Waals surface area (Å²) >= 11 is 6.31. The highest BCUT2D eigenvalue weighted by atomic mass is 35.5. The molecule has 1 fully saturated rings. The van der Waals surface area contributed by atoms with Gasteiger partial charge in [0.1, 0.15) is 12.1 Å². The Hall–Kier alpha value is -3.69. The fourth-order valence-electron chi connectivity index (χ4n) is 5.45. The van der Waals surface area contributed by atoms with Crippen molar-refractivity contribution in [3.8, 4) is 22.5 Å². The van der Waals surface area contributed by atoms with Crippen LogP contribution in [0.25, 0.3) is 22.5 Å². The fraction of sp³-hybridized carbons (Fsp3) is 0.310. The molecule has 4 aromatic rings. The number of alkyl halides is 2. The van der Waals surface area contributed by atoms with Gasteiger partial charge in [-0.3, -0.25) is 9.69 Å². The molecule has 200 valence electrons. The number of hydrogen-bond donors (Lipinski definition) is 1. The van der Waals surface area contributed by atoms with Gasteiger partial charge >= 0.3 is 0 Å². The van der Waals surface area contributed by atoms with E-state index in [4.69, 9.17) is 11.6 Å². The molecule has 0 saturated heterocycles. The van der Waals surface area contributed by atoms with Crippen LogP contribution in [-0.4, -0.2) is 38.1 Å². The third-order valence-corrected chi connectivity index (χ3v) is 7.61. The molecule has 7 nitrogen and oxygen atoms in total. The predicted octanol–water partition coefficient (Wildman–Crippen LogP) is 5.80. The highest BCUT2D eigenvalue weighted by Gasteiger charge is 2.44. The zero-order valence-electron chi connectivity index (χ0n) is 21.6. The van der Waals surface area contributed by atoms with Crippen molar-refractivity contribution in [1.29, 1.82) is 0 Å². The number of benzene rings is 2. The molecule has 3 heterocycles. The van der Waals surface area contributed by atoms with Gasteiger partial charge in [0.25, 0.3) is 5.91 Å². The van der Waals surface area contributed by atoms with Crippen LogP contribution in [0.15, 0.2) is 54.9 Å². The Balaban J connectivity index is 1.23. The van der Waals surface area contributed by atoms with E-state index in [0.29, 0.717) is 41.9 Å². The molecule has 1 saturated carbocycles. The Labute approximate surface area is 229 Å². The van der Waals surface area contributed by atoms with Gasteiger partial charge in [-0.25, -0.2) is 13.8 Å². The van der Waals surface area contributed by atoms with Crippen LogP contribution in [0.4, 0.5) is 14.6 Å². The van der Waals surface area contributed by atoms with Crippen LogP contribution in [0.3, 0.4) is 0 Å². The summed E-state index contributed by atoms with van der Waals surface area (Å²) in [7, 11) is 1.87. The van der Waals surface area contributed by atoms with Gasteiger partial charge in [-0.2, -0.15) is 0 Å². The van der Waals surface area contributed by atoms with Crippen LogP contribution in [0.5, 0.6) is 0 Å². The van der Waals surface area contributed by atoms with Gasteiger partial charge in [0.05, 0.1) is 6.54 Å². The number of halogens is 3. The molecule has 1 N–H and O–H groups in total. The zero-order chi connectivity index (χ0) is 27.3. The summed E-state index contributed by atoms with van der Waals surface area (Å²) in [5.41, 5.74) is 5.90. The van der Waals surface area contributed by atoms with Gasteiger partial charge in [-0.05, 0) is 72.0 Å². The summed E-state index contributed by atoms with van der Waals surface area (Å²) in [6, 6.07) is 15.3. The molecule has 6 rings (SSSR count). The number of nitrogens with zero attached hydrogens (tertiary/aromatic N) is 5. The van der Waals surface area contributed by atoms with Crippen molar-refractivity contribution in [2.24, 2.45) is 13.0 Å². The van der Waals surface area contributed by atoms with E-state index in [1.165, 1.54) is 0 Å². The number of aromatic nitrogens is 4. The SMILES string of the molecule is Cc1cc(CNCC2CC(F)(F)C2)cc(N2Cc3ccc(-c4ccc(Cl)cc4-c4nncn4C)cc3C2=O)n1. The standard InChI is InChI=1S/C29H27ClF2N6O/c1-17-7-18(13-33-14-19-11-29(31,32)12-19)8-26(35-17)38-15-21-4-3-20(9-24(21)28(38)39)23-6-5-22(30)10-25(23)27-36-34-16-37(27)2/h3-10,16,19,33H,11-15H2,1-2H3. The number of fused-ring (bicyclic) bond motifs is 1. The third-order valence-electron chi connectivity index (χ3n) is 7.37. The average molecular weight is 549 g/mol. The molecular weight excluding hydrogens is 522 g/mol. The zero-order valence-corrected chi connectivity index (χ0v) is 22.3. The van der Waals surface area contributed by atoms with Gasteiger partial charge in [0, 0.05) is 48.3 Å². The van der Waals surface area contributed by atoms with Crippen molar-refractivity contribution in [2.75, 3.05) is 11.4 Å². The van der Waals surface area contributed by atoms with Gasteiger partial charge < -0.3 is 9.88 Å². The van der Waals surface area contributed by atoms with Crippen molar-refractivity contribution in [1.82, 2.24) is 25.1 Å². The number of carbonyl (C=O) groups excluding carboxylic acids is 1. The summed E-state index contributed by atoms with van der Waals surface area (Å²) in [6.07, 6.45) is 1.52. The smallest absolute Gasteiger partial charge is 0.260 e. The maximum absolute atomic E-state index is 13.6. The number of carbonyl (C=O) groups is 1. The quantitative estimate of drug-likeness (QED) is 0.316. The number of nitrogens with one attached hydrogen (secondary N) is 1. The maximum Gasteiger partial charge on any atom is 0.260 e. The minimum absolute atomic E-state index is 0.00100. The fourth-order valence-corrected chi connectivity index (χ4v) is 5.62. The molecule has 1 amide bonds. The van der Waals surface area contributed by atoms with Crippen molar-refractivity contribution in [3.63, 3.8) is 0 Å². The number of pyridine rings is 1. The predicted molar refractivity (Wildman–Crippen MR) is 146 cm³/mol. The van der Waals surface area contributed by atoms with Crippen molar-refractivity contribution >= 4 is 23.3 Å². The molecule has 2 aliphatic rings. The Bertz CT molecular complexity index is 1580. The van der Waals surface area contributed by atoms with Crippen LogP contribution < -0.4 is 10.2 Å². The molecule has 2 aromatic carbocycles. The second-order valence-electron chi connectivity index (χ2n) is 10.5. The Kier molecular flexibility index (Phi) is 6.43. The lowest BCUT2D eigenvalue weighted by atomic mass is 9.81. The molecule has 0 radical (unpaired) electrons. The molecule has 1 aliphatic heterocycles. The van der Waals surface area contributed by atoms with Gasteiger partial charge in [0.15, 0.2) is 5.82 Å². The minimum Gasteiger partial charge on any atom is -0.317 e. The Morgan fingerprint density at radius 3 is 2.64 bits per heavy atom. The number of hydrogen-bond acceptors (Lipinski definition) is 5. The van der Waals surface area contributed by atoms with Crippen LogP contribution in [0.2, 0.25) is 5.02 Å². The van der Waals surface area contributed by atoms with E-state index < -0.39 is 5.92 Å². The first-order valence-electron chi connectivity index (χ1n) is 12.8. The molecule has 1 aliphatic carbocycles. The van der Waals surface area contributed by atoms with Crippen molar-refractivity contribution in [2.45, 2.75) is 38.8 Å². The van der Waals surface area contributed by atoms with Crippen molar-refractivity contribution in [3.05, 3.63) is 82.3 Å². The molecule has 0 unspecified atom stereocenters. The van der Waals surface area contributed by atoms with E-state index >= 15 is 0 Å². The van der Waals surface area contributed by atoms with Crippen LogP contribution in [-0.2, 0) is 20.1 Å². The van der Waals surface area contributed by atoms with E-state index in [1.54, 1.807) is 11.2 Å². The normalized spacial score (nSPS) is 16.4. The molecular formula is C29H27ClF2N6O. The lowest BCUT2D eigenvalue weighted by molar-refractivity contribution is -0.109. The van der Waals surface area contributed by atoms with E-state index in [2.05, 4.69) is 20.5 Å². The molecule has 39 heavy (non-hydrogen) atoms. The highest BCUT2D eigenvalue weighted by molar-refractivity contribution is 6.31. The van der Waals surface area contributed by atoms with Crippen LogP contribution in [0, 0.1) is 12.8 Å². The third kappa shape index (κ3) is 5.04. The lowest BCUT2D eigenvalue weighted by Gasteiger charge is -2.35. The van der Waals surface area contributed by atoms with E-state index in [-0.39, 0.29) is 24.7 Å². The first kappa shape index (κ1) is 25.6. The Morgan fingerprint density at radius 2 is 1.90 bits per heavy atom. The summed E-state index contributed by atoms with van der Waals surface area (Å²) < 4.78 is 28.1. The maximum atomic E-state index is 13.6. The number of anilines is 1. The first-order valence-corrected chi connectivity index (χ1v) is 13.2. The summed E-state index contributed by atoms with van der Waals surface area (Å²) in [4.78, 5) is 19.9. The van der Waals surface area contributed by atoms with Crippen LogP contribution >= 0.6 is 11.6 Å². The Morgan fingerprint density at radius 1 is 1.08 bits per heavy atom. The van der Waals surface area contributed by atoms with E-state index in [1.807, 2.05) is 67.1 Å². The lowest BCUT2D eigenvalue weighted by Crippen LogP contribution is -2.40. The van der Waals surface area contributed by atoms with Gasteiger partial charge in [-0.15, -0.1) is 10.2 Å². The minimum atomic E-state index is -2.51. The van der Waals surface area contributed by atoms with Crippen LogP contribution in [0.1, 0.15) is 40.0 Å². The number of rotatable bonds is 7. The second-order valence-corrected chi connectivity index (χ2v) is 10.9. The summed E-state index contributed by atoms with van der Waals surface area (Å²) in [5, 5.41) is 12.1. The van der Waals surface area contributed by atoms with Gasteiger partial charge in [0.2, 0.25) is 5.92 Å². The molecule has 10 heteroatoms. The van der Waals surface area contributed by atoms with Crippen molar-refractivity contribution < 1.29 is 13.6 Å². The first-order chi connectivity index (χ1) is 18.7. The summed E-state index contributed by atoms with van der Waals surface area (Å²) in [5.74, 6) is -1.37. The topological polar surface area (TPSA) is 75.9 Å². The molecule has 0 atom stereocenters.